The number of nitrogens with zero attached hydrogens (tertiary/aromatic N) is 1. The summed E-state index contributed by atoms with van der Waals surface area (Å²) < 4.78 is 10.7. The van der Waals surface area contributed by atoms with E-state index in [1.54, 1.807) is 19.2 Å². The van der Waals surface area contributed by atoms with Crippen LogP contribution in [0.3, 0.4) is 0 Å². The lowest BCUT2D eigenvalue weighted by Crippen LogP contribution is -2.38. The van der Waals surface area contributed by atoms with E-state index < -0.39 is 0 Å². The lowest BCUT2D eigenvalue weighted by Gasteiger charge is -2.17. The molecule has 0 bridgehead atoms. The van der Waals surface area contributed by atoms with Gasteiger partial charge in [0.1, 0.15) is 0 Å². The van der Waals surface area contributed by atoms with Crippen molar-refractivity contribution in [3.63, 3.8) is 0 Å². The van der Waals surface area contributed by atoms with E-state index in [2.05, 4.69) is 15.6 Å². The van der Waals surface area contributed by atoms with Gasteiger partial charge in [-0.2, -0.15) is 0 Å². The highest BCUT2D eigenvalue weighted by molar-refractivity contribution is 14.0. The largest absolute Gasteiger partial charge is 0.465 e. The Bertz CT molecular complexity index is 570. The third-order valence-corrected chi connectivity index (χ3v) is 4.61. The molecule has 0 aromatic heterocycles. The summed E-state index contributed by atoms with van der Waals surface area (Å²) >= 11 is 0. The van der Waals surface area contributed by atoms with Crippen LogP contribution < -0.4 is 10.6 Å². The fourth-order valence-electron chi connectivity index (χ4n) is 3.09. The van der Waals surface area contributed by atoms with Crippen LogP contribution in [0.5, 0.6) is 0 Å². The molecule has 0 unspecified atom stereocenters. The molecule has 2 N–H and O–H groups in total. The van der Waals surface area contributed by atoms with Crippen molar-refractivity contribution in [1.29, 1.82) is 0 Å². The van der Waals surface area contributed by atoms with Crippen LogP contribution in [0.25, 0.3) is 0 Å². The van der Waals surface area contributed by atoms with Crippen LogP contribution in [0.2, 0.25) is 0 Å². The van der Waals surface area contributed by atoms with Crippen LogP contribution in [0.15, 0.2) is 29.3 Å². The molecule has 0 aliphatic heterocycles. The Labute approximate surface area is 179 Å². The van der Waals surface area contributed by atoms with Gasteiger partial charge in [-0.3, -0.25) is 4.99 Å². The average Bonchev–Trinajstić information content (AvgIpc) is 2.96. The summed E-state index contributed by atoms with van der Waals surface area (Å²) in [4.78, 5) is 15.7. The van der Waals surface area contributed by atoms with Crippen LogP contribution in [-0.4, -0.2) is 45.3 Å². The number of nitrogens with one attached hydrogen (secondary N) is 2. The lowest BCUT2D eigenvalue weighted by molar-refractivity contribution is 0.0468. The number of halogens is 1. The van der Waals surface area contributed by atoms with Crippen LogP contribution in [0.4, 0.5) is 0 Å². The van der Waals surface area contributed by atoms with E-state index in [9.17, 15) is 4.79 Å². The first-order chi connectivity index (χ1) is 12.7. The molecule has 1 aromatic rings. The molecule has 6 nitrogen and oxygen atoms in total. The number of benzene rings is 1. The summed E-state index contributed by atoms with van der Waals surface area (Å²) in [5.74, 6) is 0.419. The van der Waals surface area contributed by atoms with Gasteiger partial charge in [0, 0.05) is 20.1 Å². The van der Waals surface area contributed by atoms with Crippen molar-refractivity contribution in [1.82, 2.24) is 10.6 Å². The first-order valence-electron chi connectivity index (χ1n) is 9.46. The SMILES string of the molecule is CN=C(NCCOC1CCCCCC1)NCc1ccc(C(=O)OC)cc1.I. The number of carbonyl (C=O) groups is 1. The maximum absolute atomic E-state index is 11.4. The van der Waals surface area contributed by atoms with E-state index in [-0.39, 0.29) is 29.9 Å². The molecule has 1 aliphatic rings. The third kappa shape index (κ3) is 8.92. The van der Waals surface area contributed by atoms with E-state index in [0.29, 0.717) is 24.8 Å². The molecule has 1 aliphatic carbocycles. The van der Waals surface area contributed by atoms with E-state index in [4.69, 9.17) is 9.47 Å². The van der Waals surface area contributed by atoms with Gasteiger partial charge >= 0.3 is 5.97 Å². The van der Waals surface area contributed by atoms with Crippen molar-refractivity contribution >= 4 is 35.9 Å². The Hall–Kier alpha value is -1.35. The lowest BCUT2D eigenvalue weighted by atomic mass is 10.1. The van der Waals surface area contributed by atoms with Gasteiger partial charge in [0.25, 0.3) is 0 Å². The number of hydrogen-bond acceptors (Lipinski definition) is 4. The zero-order valence-corrected chi connectivity index (χ0v) is 18.7. The van der Waals surface area contributed by atoms with Gasteiger partial charge in [-0.1, -0.05) is 37.8 Å². The maximum Gasteiger partial charge on any atom is 0.337 e. The van der Waals surface area contributed by atoms with Crippen molar-refractivity contribution in [3.8, 4) is 0 Å². The van der Waals surface area contributed by atoms with Crippen molar-refractivity contribution in [2.75, 3.05) is 27.3 Å². The number of hydrogen-bond donors (Lipinski definition) is 2. The molecule has 7 heteroatoms. The van der Waals surface area contributed by atoms with E-state index in [1.165, 1.54) is 45.6 Å². The normalized spacial score (nSPS) is 15.4. The smallest absolute Gasteiger partial charge is 0.337 e. The summed E-state index contributed by atoms with van der Waals surface area (Å²) in [6.07, 6.45) is 8.06. The number of esters is 1. The molecule has 1 aromatic carbocycles. The molecule has 1 saturated carbocycles. The van der Waals surface area contributed by atoms with E-state index >= 15 is 0 Å². The number of aliphatic imine (C=N–C) groups is 1. The number of guanidine groups is 1. The standard InChI is InChI=1S/C20H31N3O3.HI/c1-21-20(22-13-14-26-18-7-5-3-4-6-8-18)23-15-16-9-11-17(12-10-16)19(24)25-2;/h9-12,18H,3-8,13-15H2,1-2H3,(H2,21,22,23);1H. The zero-order chi connectivity index (χ0) is 18.6. The summed E-state index contributed by atoms with van der Waals surface area (Å²) in [7, 11) is 3.13. The Morgan fingerprint density at radius 2 is 1.78 bits per heavy atom. The van der Waals surface area contributed by atoms with Crippen LogP contribution in [0, 0.1) is 0 Å². The first kappa shape index (κ1) is 23.7. The van der Waals surface area contributed by atoms with Gasteiger partial charge in [-0.15, -0.1) is 24.0 Å². The fourth-order valence-corrected chi connectivity index (χ4v) is 3.09. The van der Waals surface area contributed by atoms with Crippen molar-refractivity contribution in [2.24, 2.45) is 4.99 Å². The van der Waals surface area contributed by atoms with E-state index in [0.717, 1.165) is 18.1 Å². The quantitative estimate of drug-likeness (QED) is 0.153. The summed E-state index contributed by atoms with van der Waals surface area (Å²) in [6.45, 7) is 2.06. The highest BCUT2D eigenvalue weighted by Gasteiger charge is 2.12. The molecule has 27 heavy (non-hydrogen) atoms. The van der Waals surface area contributed by atoms with Gasteiger partial charge in [0.05, 0.1) is 25.4 Å². The Morgan fingerprint density at radius 1 is 1.11 bits per heavy atom. The molecule has 0 spiro atoms. The summed E-state index contributed by atoms with van der Waals surface area (Å²) in [5, 5.41) is 6.54. The summed E-state index contributed by atoms with van der Waals surface area (Å²) in [5.41, 5.74) is 1.62. The molecule has 152 valence electrons. The minimum Gasteiger partial charge on any atom is -0.465 e. The molecule has 0 amide bonds. The third-order valence-electron chi connectivity index (χ3n) is 4.61. The highest BCUT2D eigenvalue weighted by Crippen LogP contribution is 2.19. The predicted octanol–water partition coefficient (Wildman–Crippen LogP) is 3.50. The topological polar surface area (TPSA) is 72.0 Å². The van der Waals surface area contributed by atoms with Gasteiger partial charge < -0.3 is 20.1 Å². The highest BCUT2D eigenvalue weighted by atomic mass is 127. The van der Waals surface area contributed by atoms with Crippen molar-refractivity contribution in [2.45, 2.75) is 51.2 Å². The minimum absolute atomic E-state index is 0. The summed E-state index contributed by atoms with van der Waals surface area (Å²) in [6, 6.07) is 7.34. The molecule has 0 atom stereocenters. The molecule has 0 heterocycles. The Balaban J connectivity index is 0.00000364. The minimum atomic E-state index is -0.323. The monoisotopic (exact) mass is 489 g/mol. The number of carbonyl (C=O) groups excluding carboxylic acids is 1. The molecule has 2 rings (SSSR count). The molecular weight excluding hydrogens is 457 g/mol. The number of ether oxygens (including phenoxy) is 2. The fraction of sp³-hybridized carbons (Fsp3) is 0.600. The zero-order valence-electron chi connectivity index (χ0n) is 16.3. The second-order valence-electron chi connectivity index (χ2n) is 6.53. The Morgan fingerprint density at radius 3 is 2.37 bits per heavy atom. The molecule has 0 saturated heterocycles. The predicted molar refractivity (Wildman–Crippen MR) is 119 cm³/mol. The maximum atomic E-state index is 11.4. The van der Waals surface area contributed by atoms with Gasteiger partial charge in [0.15, 0.2) is 5.96 Å². The second-order valence-corrected chi connectivity index (χ2v) is 6.53. The van der Waals surface area contributed by atoms with Gasteiger partial charge in [0.2, 0.25) is 0 Å². The van der Waals surface area contributed by atoms with Crippen molar-refractivity contribution < 1.29 is 14.3 Å². The van der Waals surface area contributed by atoms with Crippen LogP contribution >= 0.6 is 24.0 Å². The van der Waals surface area contributed by atoms with E-state index in [1.807, 2.05) is 12.1 Å². The van der Waals surface area contributed by atoms with Gasteiger partial charge in [-0.25, -0.2) is 4.79 Å². The van der Waals surface area contributed by atoms with Gasteiger partial charge in [-0.05, 0) is 30.5 Å². The number of methoxy groups -OCH3 is 1. The Kier molecular flexibility index (Phi) is 12.1. The number of rotatable bonds is 7. The first-order valence-corrected chi connectivity index (χ1v) is 9.46. The molecular formula is C20H32IN3O3. The van der Waals surface area contributed by atoms with Crippen LogP contribution in [-0.2, 0) is 16.0 Å². The average molecular weight is 489 g/mol. The molecule has 1 fully saturated rings. The van der Waals surface area contributed by atoms with Crippen molar-refractivity contribution in [3.05, 3.63) is 35.4 Å². The van der Waals surface area contributed by atoms with Crippen LogP contribution in [0.1, 0.15) is 54.4 Å². The molecule has 0 radical (unpaired) electrons. The second kappa shape index (κ2) is 13.8.